The third-order valence-electron chi connectivity index (χ3n) is 6.12. The van der Waals surface area contributed by atoms with Crippen molar-refractivity contribution in [2.75, 3.05) is 18.6 Å². The standard InChI is InChI=1S/C23H26N2O6/c1-4-12-23(22(28)30-5-2)18-17(19(24-23)16-7-6-13-31-16)20(26)25(21(18)27)14-8-10-15(29-3)11-9-14/h6-11,13,17-19,24H,4-5,12H2,1-3H3/t17-,18-,19-,23+/m0/s1. The molecule has 4 rings (SSSR count). The molecule has 3 heterocycles. The maximum absolute atomic E-state index is 13.7. The lowest BCUT2D eigenvalue weighted by molar-refractivity contribution is -0.155. The van der Waals surface area contributed by atoms with E-state index < -0.39 is 35.3 Å². The second kappa shape index (κ2) is 8.19. The number of amides is 2. The van der Waals surface area contributed by atoms with E-state index >= 15 is 0 Å². The first-order chi connectivity index (χ1) is 15.0. The molecule has 1 aromatic carbocycles. The molecule has 0 radical (unpaired) electrons. The van der Waals surface area contributed by atoms with Crippen LogP contribution in [0.1, 0.15) is 38.5 Å². The molecule has 164 valence electrons. The number of nitrogens with one attached hydrogen (secondary N) is 1. The van der Waals surface area contributed by atoms with E-state index in [4.69, 9.17) is 13.9 Å². The number of imide groups is 1. The van der Waals surface area contributed by atoms with Gasteiger partial charge in [0.1, 0.15) is 17.0 Å². The minimum Gasteiger partial charge on any atom is -0.497 e. The Morgan fingerprint density at radius 2 is 1.90 bits per heavy atom. The molecule has 8 nitrogen and oxygen atoms in total. The number of fused-ring (bicyclic) bond motifs is 1. The van der Waals surface area contributed by atoms with Crippen molar-refractivity contribution in [2.24, 2.45) is 11.8 Å². The van der Waals surface area contributed by atoms with E-state index in [1.165, 1.54) is 11.2 Å². The summed E-state index contributed by atoms with van der Waals surface area (Å²) in [7, 11) is 1.55. The molecule has 2 amide bonds. The van der Waals surface area contributed by atoms with Crippen molar-refractivity contribution in [3.05, 3.63) is 48.4 Å². The van der Waals surface area contributed by atoms with Gasteiger partial charge in [0.2, 0.25) is 11.8 Å². The van der Waals surface area contributed by atoms with Gasteiger partial charge in [0.05, 0.1) is 43.5 Å². The average Bonchev–Trinajstić information content (AvgIpc) is 3.46. The quantitative estimate of drug-likeness (QED) is 0.537. The van der Waals surface area contributed by atoms with Crippen molar-refractivity contribution in [3.63, 3.8) is 0 Å². The molecular formula is C23H26N2O6. The Morgan fingerprint density at radius 3 is 2.48 bits per heavy atom. The van der Waals surface area contributed by atoms with Crippen molar-refractivity contribution in [2.45, 2.75) is 38.3 Å². The Labute approximate surface area is 180 Å². The zero-order valence-electron chi connectivity index (χ0n) is 17.8. The van der Waals surface area contributed by atoms with Crippen LogP contribution in [-0.4, -0.2) is 37.0 Å². The van der Waals surface area contributed by atoms with Crippen molar-refractivity contribution in [1.82, 2.24) is 5.32 Å². The van der Waals surface area contributed by atoms with Crippen LogP contribution in [0.25, 0.3) is 0 Å². The van der Waals surface area contributed by atoms with Crippen molar-refractivity contribution in [3.8, 4) is 5.75 Å². The number of anilines is 1. The first kappa shape index (κ1) is 21.1. The van der Waals surface area contributed by atoms with Gasteiger partial charge in [-0.25, -0.2) is 4.90 Å². The molecule has 1 aromatic heterocycles. The number of ether oxygens (including phenoxy) is 2. The minimum absolute atomic E-state index is 0.180. The summed E-state index contributed by atoms with van der Waals surface area (Å²) in [5.41, 5.74) is -0.862. The summed E-state index contributed by atoms with van der Waals surface area (Å²) in [6.45, 7) is 3.83. The number of carbonyl (C=O) groups excluding carboxylic acids is 3. The fraction of sp³-hybridized carbons (Fsp3) is 0.435. The number of benzene rings is 1. The van der Waals surface area contributed by atoms with Crippen LogP contribution in [0, 0.1) is 11.8 Å². The van der Waals surface area contributed by atoms with Crippen LogP contribution in [-0.2, 0) is 19.1 Å². The molecule has 8 heteroatoms. The van der Waals surface area contributed by atoms with Gasteiger partial charge < -0.3 is 13.9 Å². The number of hydrogen-bond acceptors (Lipinski definition) is 7. The van der Waals surface area contributed by atoms with E-state index in [1.807, 2.05) is 6.92 Å². The molecule has 0 bridgehead atoms. The van der Waals surface area contributed by atoms with Crippen LogP contribution >= 0.6 is 0 Å². The second-order valence-corrected chi connectivity index (χ2v) is 7.79. The smallest absolute Gasteiger partial charge is 0.327 e. The van der Waals surface area contributed by atoms with Crippen molar-refractivity contribution < 1.29 is 28.3 Å². The molecule has 4 atom stereocenters. The number of furan rings is 1. The summed E-state index contributed by atoms with van der Waals surface area (Å²) in [4.78, 5) is 41.6. The van der Waals surface area contributed by atoms with E-state index in [-0.39, 0.29) is 12.5 Å². The SMILES string of the molecule is CCC[C@@]1(C(=O)OCC)N[C@@H](c2ccco2)[C@H]2C(=O)N(c3ccc(OC)cc3)C(=O)[C@H]21. The van der Waals surface area contributed by atoms with Crippen LogP contribution in [0.15, 0.2) is 47.1 Å². The van der Waals surface area contributed by atoms with E-state index in [0.717, 1.165) is 0 Å². The highest BCUT2D eigenvalue weighted by atomic mass is 16.5. The van der Waals surface area contributed by atoms with Crippen LogP contribution in [0.4, 0.5) is 5.69 Å². The monoisotopic (exact) mass is 426 g/mol. The fourth-order valence-corrected chi connectivity index (χ4v) is 4.87. The van der Waals surface area contributed by atoms with E-state index in [9.17, 15) is 14.4 Å². The van der Waals surface area contributed by atoms with E-state index in [1.54, 1.807) is 50.4 Å². The summed E-state index contributed by atoms with van der Waals surface area (Å²) in [5.74, 6) is -1.84. The third kappa shape index (κ3) is 3.22. The molecule has 2 aliphatic rings. The third-order valence-corrected chi connectivity index (χ3v) is 6.12. The van der Waals surface area contributed by atoms with Crippen molar-refractivity contribution in [1.29, 1.82) is 0 Å². The van der Waals surface area contributed by atoms with Crippen molar-refractivity contribution >= 4 is 23.5 Å². The predicted octanol–water partition coefficient (Wildman–Crippen LogP) is 2.84. The van der Waals surface area contributed by atoms with Gasteiger partial charge >= 0.3 is 5.97 Å². The van der Waals surface area contributed by atoms with Crippen LogP contribution in [0.5, 0.6) is 5.75 Å². The fourth-order valence-electron chi connectivity index (χ4n) is 4.87. The second-order valence-electron chi connectivity index (χ2n) is 7.79. The van der Waals surface area contributed by atoms with E-state index in [0.29, 0.717) is 30.0 Å². The lowest BCUT2D eigenvalue weighted by Gasteiger charge is -2.32. The molecule has 2 aromatic rings. The van der Waals surface area contributed by atoms with Crippen LogP contribution in [0.2, 0.25) is 0 Å². The van der Waals surface area contributed by atoms with Gasteiger partial charge in [-0.15, -0.1) is 0 Å². The Kier molecular flexibility index (Phi) is 5.58. The minimum atomic E-state index is -1.30. The summed E-state index contributed by atoms with van der Waals surface area (Å²) in [6.07, 6.45) is 2.50. The van der Waals surface area contributed by atoms with E-state index in [2.05, 4.69) is 5.32 Å². The lowest BCUT2D eigenvalue weighted by atomic mass is 9.77. The summed E-state index contributed by atoms with van der Waals surface area (Å²) in [5, 5.41) is 3.29. The largest absolute Gasteiger partial charge is 0.497 e. The number of carbonyl (C=O) groups is 3. The Balaban J connectivity index is 1.81. The van der Waals surface area contributed by atoms with Crippen LogP contribution < -0.4 is 15.0 Å². The Morgan fingerprint density at radius 1 is 1.16 bits per heavy atom. The van der Waals surface area contributed by atoms with Gasteiger partial charge in [0.15, 0.2) is 0 Å². The lowest BCUT2D eigenvalue weighted by Crippen LogP contribution is -2.56. The number of hydrogen-bond donors (Lipinski definition) is 1. The molecule has 2 aliphatic heterocycles. The van der Waals surface area contributed by atoms with Gasteiger partial charge in [-0.2, -0.15) is 0 Å². The maximum atomic E-state index is 13.7. The topological polar surface area (TPSA) is 98.1 Å². The first-order valence-electron chi connectivity index (χ1n) is 10.5. The highest BCUT2D eigenvalue weighted by Crippen LogP contribution is 2.51. The highest BCUT2D eigenvalue weighted by Gasteiger charge is 2.69. The van der Waals surface area contributed by atoms with Gasteiger partial charge in [0.25, 0.3) is 0 Å². The number of rotatable bonds is 7. The maximum Gasteiger partial charge on any atom is 0.327 e. The molecule has 2 saturated heterocycles. The van der Waals surface area contributed by atoms with Crippen LogP contribution in [0.3, 0.4) is 0 Å². The summed E-state index contributed by atoms with van der Waals surface area (Å²) in [6, 6.07) is 9.56. The zero-order chi connectivity index (χ0) is 22.2. The molecule has 2 fully saturated rings. The van der Waals surface area contributed by atoms with Gasteiger partial charge in [-0.1, -0.05) is 13.3 Å². The molecule has 1 N–H and O–H groups in total. The highest BCUT2D eigenvalue weighted by molar-refractivity contribution is 6.24. The molecule has 0 saturated carbocycles. The molecule has 0 unspecified atom stereocenters. The molecule has 31 heavy (non-hydrogen) atoms. The molecule has 0 spiro atoms. The molecule has 0 aliphatic carbocycles. The summed E-state index contributed by atoms with van der Waals surface area (Å²) < 4.78 is 16.1. The van der Waals surface area contributed by atoms with Gasteiger partial charge in [0, 0.05) is 0 Å². The number of esters is 1. The summed E-state index contributed by atoms with van der Waals surface area (Å²) >= 11 is 0. The first-order valence-corrected chi connectivity index (χ1v) is 10.5. The normalized spacial score (nSPS) is 27.5. The Hall–Kier alpha value is -3.13. The zero-order valence-corrected chi connectivity index (χ0v) is 17.8. The van der Waals surface area contributed by atoms with Gasteiger partial charge in [-0.05, 0) is 49.7 Å². The number of nitrogens with zero attached hydrogens (tertiary/aromatic N) is 1. The van der Waals surface area contributed by atoms with Gasteiger partial charge in [-0.3, -0.25) is 19.7 Å². The average molecular weight is 426 g/mol. The number of methoxy groups -OCH3 is 1. The predicted molar refractivity (Wildman–Crippen MR) is 111 cm³/mol. The Bertz CT molecular complexity index is 970. The molecular weight excluding hydrogens is 400 g/mol.